The third-order valence-corrected chi connectivity index (χ3v) is 5.56. The number of aryl methyl sites for hydroxylation is 2. The van der Waals surface area contributed by atoms with Crippen LogP contribution in [0.3, 0.4) is 0 Å². The number of fused-ring (bicyclic) bond motifs is 3. The molecule has 26 heavy (non-hydrogen) atoms. The minimum Gasteiger partial charge on any atom is -0.340 e. The first-order valence-electron chi connectivity index (χ1n) is 9.30. The molecule has 2 N–H and O–H groups in total. The van der Waals surface area contributed by atoms with Gasteiger partial charge in [-0.3, -0.25) is 0 Å². The van der Waals surface area contributed by atoms with Crippen LogP contribution in [-0.2, 0) is 26.3 Å². The van der Waals surface area contributed by atoms with Crippen molar-refractivity contribution in [3.8, 4) is 0 Å². The zero-order chi connectivity index (χ0) is 18.3. The van der Waals surface area contributed by atoms with E-state index in [0.29, 0.717) is 18.0 Å². The number of nitrogens with zero attached hydrogens (tertiary/aromatic N) is 2. The lowest BCUT2D eigenvalue weighted by molar-refractivity contribution is 0.488. The molecule has 2 heterocycles. The molecule has 1 aliphatic rings. The molecule has 1 aromatic carbocycles. The Kier molecular flexibility index (Phi) is 4.41. The number of benzene rings is 1. The molecule has 1 atom stereocenters. The Morgan fingerprint density at radius 1 is 1.27 bits per heavy atom. The van der Waals surface area contributed by atoms with Crippen LogP contribution in [0.4, 0.5) is 15.9 Å². The van der Waals surface area contributed by atoms with Gasteiger partial charge in [0, 0.05) is 29.9 Å². The van der Waals surface area contributed by atoms with Crippen molar-refractivity contribution in [2.45, 2.75) is 38.6 Å². The van der Waals surface area contributed by atoms with Crippen LogP contribution >= 0.6 is 0 Å². The van der Waals surface area contributed by atoms with Crippen molar-refractivity contribution in [3.05, 3.63) is 53.0 Å². The number of aromatic nitrogens is 2. The molecule has 2 aromatic heterocycles. The van der Waals surface area contributed by atoms with Gasteiger partial charge in [0.15, 0.2) is 0 Å². The molecule has 0 amide bonds. The SMILES string of the molecule is CCc1cc(Nc2ccc3c4c(n(C)c3n2)CCC(NC)C4)ccc1F. The standard InChI is InChI=1S/C21H25FN4/c1-4-13-11-15(5-8-18(13)22)24-20-10-7-16-17-12-14(23-2)6-9-19(17)26(3)21(16)25-20/h5,7-8,10-11,14,23H,4,6,9,12H2,1-3H3,(H,24,25). The first kappa shape index (κ1) is 17.0. The summed E-state index contributed by atoms with van der Waals surface area (Å²) in [6.45, 7) is 1.96. The lowest BCUT2D eigenvalue weighted by Crippen LogP contribution is -2.31. The van der Waals surface area contributed by atoms with Crippen LogP contribution in [0.25, 0.3) is 11.0 Å². The Bertz CT molecular complexity index is 960. The van der Waals surface area contributed by atoms with Crippen molar-refractivity contribution in [3.63, 3.8) is 0 Å². The first-order chi connectivity index (χ1) is 12.6. The Balaban J connectivity index is 1.69. The molecule has 0 saturated carbocycles. The van der Waals surface area contributed by atoms with Gasteiger partial charge in [-0.05, 0) is 74.2 Å². The molecule has 0 spiro atoms. The van der Waals surface area contributed by atoms with E-state index in [4.69, 9.17) is 4.98 Å². The number of pyridine rings is 1. The van der Waals surface area contributed by atoms with Crippen LogP contribution in [0.2, 0.25) is 0 Å². The fraction of sp³-hybridized carbons (Fsp3) is 0.381. The third kappa shape index (κ3) is 2.86. The van der Waals surface area contributed by atoms with E-state index >= 15 is 0 Å². The topological polar surface area (TPSA) is 41.9 Å². The monoisotopic (exact) mass is 352 g/mol. The maximum Gasteiger partial charge on any atom is 0.142 e. The fourth-order valence-electron chi connectivity index (χ4n) is 4.02. The van der Waals surface area contributed by atoms with Gasteiger partial charge < -0.3 is 15.2 Å². The Labute approximate surface area is 153 Å². The Hall–Kier alpha value is -2.40. The number of nitrogens with one attached hydrogen (secondary N) is 2. The molecule has 3 aromatic rings. The highest BCUT2D eigenvalue weighted by atomic mass is 19.1. The van der Waals surface area contributed by atoms with Crippen LogP contribution < -0.4 is 10.6 Å². The average molecular weight is 352 g/mol. The molecular formula is C21H25FN4. The minimum atomic E-state index is -0.157. The van der Waals surface area contributed by atoms with Gasteiger partial charge in [0.25, 0.3) is 0 Å². The van der Waals surface area contributed by atoms with Crippen LogP contribution in [0.15, 0.2) is 30.3 Å². The van der Waals surface area contributed by atoms with Crippen LogP contribution in [-0.4, -0.2) is 22.6 Å². The van der Waals surface area contributed by atoms with Gasteiger partial charge in [0.05, 0.1) is 0 Å². The second-order valence-electron chi connectivity index (χ2n) is 7.07. The van der Waals surface area contributed by atoms with Gasteiger partial charge in [-0.15, -0.1) is 0 Å². The summed E-state index contributed by atoms with van der Waals surface area (Å²) in [5.74, 6) is 0.630. The molecule has 0 bridgehead atoms. The van der Waals surface area contributed by atoms with Crippen molar-refractivity contribution in [2.75, 3.05) is 12.4 Å². The smallest absolute Gasteiger partial charge is 0.142 e. The molecule has 4 nitrogen and oxygen atoms in total. The molecule has 1 unspecified atom stereocenters. The van der Waals surface area contributed by atoms with E-state index in [1.165, 1.54) is 22.7 Å². The van der Waals surface area contributed by atoms with Crippen LogP contribution in [0.5, 0.6) is 0 Å². The average Bonchev–Trinajstić information content (AvgIpc) is 2.94. The molecule has 1 aliphatic carbocycles. The molecule has 0 aliphatic heterocycles. The molecule has 0 fully saturated rings. The normalized spacial score (nSPS) is 16.7. The van der Waals surface area contributed by atoms with Gasteiger partial charge in [-0.25, -0.2) is 9.37 Å². The summed E-state index contributed by atoms with van der Waals surface area (Å²) in [4.78, 5) is 4.84. The van der Waals surface area contributed by atoms with Gasteiger partial charge in [-0.2, -0.15) is 0 Å². The molecule has 0 saturated heterocycles. The summed E-state index contributed by atoms with van der Waals surface area (Å²) < 4.78 is 15.9. The number of halogens is 1. The zero-order valence-electron chi connectivity index (χ0n) is 15.6. The highest BCUT2D eigenvalue weighted by Crippen LogP contribution is 2.32. The van der Waals surface area contributed by atoms with E-state index in [2.05, 4.69) is 28.3 Å². The number of hydrogen-bond acceptors (Lipinski definition) is 3. The van der Waals surface area contributed by atoms with E-state index in [0.717, 1.165) is 36.4 Å². The van der Waals surface area contributed by atoms with Crippen LogP contribution in [0.1, 0.15) is 30.2 Å². The number of likely N-dealkylation sites (N-methyl/N-ethyl adjacent to an activating group) is 1. The molecular weight excluding hydrogens is 327 g/mol. The van der Waals surface area contributed by atoms with Crippen LogP contribution in [0, 0.1) is 5.82 Å². The summed E-state index contributed by atoms with van der Waals surface area (Å²) in [5, 5.41) is 7.96. The molecule has 4 rings (SSSR count). The summed E-state index contributed by atoms with van der Waals surface area (Å²) in [7, 11) is 4.14. The van der Waals surface area contributed by atoms with Gasteiger partial charge in [0.2, 0.25) is 0 Å². The molecule has 5 heteroatoms. The maximum absolute atomic E-state index is 13.7. The minimum absolute atomic E-state index is 0.157. The molecule has 0 radical (unpaired) electrons. The van der Waals surface area contributed by atoms with Crippen molar-refractivity contribution in [1.29, 1.82) is 0 Å². The van der Waals surface area contributed by atoms with E-state index < -0.39 is 0 Å². The second-order valence-corrected chi connectivity index (χ2v) is 7.07. The van der Waals surface area contributed by atoms with Crippen molar-refractivity contribution >= 4 is 22.5 Å². The number of anilines is 2. The predicted octanol–water partition coefficient (Wildman–Crippen LogP) is 4.10. The summed E-state index contributed by atoms with van der Waals surface area (Å²) in [6, 6.07) is 9.84. The Morgan fingerprint density at radius 3 is 2.88 bits per heavy atom. The van der Waals surface area contributed by atoms with E-state index in [1.807, 2.05) is 26.1 Å². The van der Waals surface area contributed by atoms with Gasteiger partial charge in [-0.1, -0.05) is 6.92 Å². The summed E-state index contributed by atoms with van der Waals surface area (Å²) >= 11 is 0. The van der Waals surface area contributed by atoms with Gasteiger partial charge >= 0.3 is 0 Å². The third-order valence-electron chi connectivity index (χ3n) is 5.56. The second kappa shape index (κ2) is 6.72. The maximum atomic E-state index is 13.7. The highest BCUT2D eigenvalue weighted by Gasteiger charge is 2.24. The van der Waals surface area contributed by atoms with Gasteiger partial charge in [0.1, 0.15) is 17.3 Å². The Morgan fingerprint density at radius 2 is 2.12 bits per heavy atom. The van der Waals surface area contributed by atoms with Crippen molar-refractivity contribution in [1.82, 2.24) is 14.9 Å². The zero-order valence-corrected chi connectivity index (χ0v) is 15.6. The van der Waals surface area contributed by atoms with E-state index in [-0.39, 0.29) is 5.82 Å². The lowest BCUT2D eigenvalue weighted by atomic mass is 9.92. The largest absolute Gasteiger partial charge is 0.340 e. The lowest BCUT2D eigenvalue weighted by Gasteiger charge is -2.22. The quantitative estimate of drug-likeness (QED) is 0.743. The molecule has 136 valence electrons. The fourth-order valence-corrected chi connectivity index (χ4v) is 4.02. The van der Waals surface area contributed by atoms with Crippen molar-refractivity contribution in [2.24, 2.45) is 7.05 Å². The number of hydrogen-bond donors (Lipinski definition) is 2. The number of rotatable bonds is 4. The predicted molar refractivity (Wildman–Crippen MR) is 105 cm³/mol. The summed E-state index contributed by atoms with van der Waals surface area (Å²) in [6.07, 6.45) is 3.96. The van der Waals surface area contributed by atoms with Crippen molar-refractivity contribution < 1.29 is 4.39 Å². The summed E-state index contributed by atoms with van der Waals surface area (Å²) in [5.41, 5.74) is 5.40. The van der Waals surface area contributed by atoms with E-state index in [1.54, 1.807) is 6.07 Å². The van der Waals surface area contributed by atoms with E-state index in [9.17, 15) is 4.39 Å². The highest BCUT2D eigenvalue weighted by molar-refractivity contribution is 5.84. The first-order valence-corrected chi connectivity index (χ1v) is 9.30.